The van der Waals surface area contributed by atoms with E-state index in [2.05, 4.69) is 15.9 Å². The maximum Gasteiger partial charge on any atom is 0.201 e. The number of hydrogen-bond acceptors (Lipinski definition) is 5. The molecule has 6 heteroatoms. The third-order valence-electron chi connectivity index (χ3n) is 6.63. The van der Waals surface area contributed by atoms with Crippen molar-refractivity contribution in [2.75, 3.05) is 7.11 Å². The fourth-order valence-electron chi connectivity index (χ4n) is 4.68. The molecule has 0 amide bonds. The SMILES string of the molecule is COc1ccc(C(=O)c2cc(C(=O)c3ccc(Br)cc3)c3c(=O)c4ccc5ccccc5c4oc3c2)cc1. The molecular formula is C32H19BrO5. The van der Waals surface area contributed by atoms with E-state index in [1.54, 1.807) is 67.8 Å². The van der Waals surface area contributed by atoms with Gasteiger partial charge in [-0.2, -0.15) is 0 Å². The third-order valence-corrected chi connectivity index (χ3v) is 7.16. The lowest BCUT2D eigenvalue weighted by atomic mass is 9.93. The van der Waals surface area contributed by atoms with Gasteiger partial charge in [-0.3, -0.25) is 14.4 Å². The Kier molecular flexibility index (Phi) is 5.89. The molecular weight excluding hydrogens is 544 g/mol. The number of methoxy groups -OCH3 is 1. The van der Waals surface area contributed by atoms with Crippen LogP contribution in [0.1, 0.15) is 31.8 Å². The first-order valence-electron chi connectivity index (χ1n) is 11.9. The molecule has 0 aliphatic rings. The first-order valence-corrected chi connectivity index (χ1v) is 12.7. The van der Waals surface area contributed by atoms with Gasteiger partial charge in [-0.05, 0) is 72.1 Å². The molecule has 0 spiro atoms. The number of halogens is 1. The van der Waals surface area contributed by atoms with Gasteiger partial charge in [0.1, 0.15) is 16.9 Å². The molecule has 5 nitrogen and oxygen atoms in total. The second-order valence-electron chi connectivity index (χ2n) is 8.89. The van der Waals surface area contributed by atoms with Crippen molar-refractivity contribution in [3.8, 4) is 5.75 Å². The second kappa shape index (κ2) is 9.39. The minimum Gasteiger partial charge on any atom is -0.497 e. The van der Waals surface area contributed by atoms with Gasteiger partial charge in [0.25, 0.3) is 0 Å². The summed E-state index contributed by atoms with van der Waals surface area (Å²) in [6.45, 7) is 0. The summed E-state index contributed by atoms with van der Waals surface area (Å²) in [4.78, 5) is 41.1. The highest BCUT2D eigenvalue weighted by Crippen LogP contribution is 2.30. The van der Waals surface area contributed by atoms with E-state index in [-0.39, 0.29) is 39.1 Å². The molecule has 0 unspecified atom stereocenters. The number of ether oxygens (including phenoxy) is 1. The summed E-state index contributed by atoms with van der Waals surface area (Å²) in [5.41, 5.74) is 1.44. The Balaban J connectivity index is 1.65. The second-order valence-corrected chi connectivity index (χ2v) is 9.80. The molecule has 184 valence electrons. The summed E-state index contributed by atoms with van der Waals surface area (Å²) in [5, 5.41) is 2.21. The lowest BCUT2D eigenvalue weighted by molar-refractivity contribution is 0.103. The number of rotatable bonds is 5. The van der Waals surface area contributed by atoms with E-state index in [0.29, 0.717) is 27.8 Å². The van der Waals surface area contributed by atoms with Gasteiger partial charge >= 0.3 is 0 Å². The molecule has 1 aromatic heterocycles. The van der Waals surface area contributed by atoms with E-state index in [1.807, 2.05) is 30.3 Å². The first-order chi connectivity index (χ1) is 18.4. The minimum atomic E-state index is -0.376. The normalized spacial score (nSPS) is 11.2. The van der Waals surface area contributed by atoms with Crippen LogP contribution in [-0.4, -0.2) is 18.7 Å². The molecule has 0 fully saturated rings. The van der Waals surface area contributed by atoms with Crippen molar-refractivity contribution in [2.45, 2.75) is 0 Å². The molecule has 5 aromatic carbocycles. The Hall–Kier alpha value is -4.55. The van der Waals surface area contributed by atoms with Gasteiger partial charge in [-0.1, -0.05) is 46.3 Å². The Morgan fingerprint density at radius 3 is 2.16 bits per heavy atom. The summed E-state index contributed by atoms with van der Waals surface area (Å²) < 4.78 is 12.3. The summed E-state index contributed by atoms with van der Waals surface area (Å²) in [7, 11) is 1.55. The van der Waals surface area contributed by atoms with Gasteiger partial charge in [-0.25, -0.2) is 0 Å². The van der Waals surface area contributed by atoms with Crippen molar-refractivity contribution in [2.24, 2.45) is 0 Å². The molecule has 0 bridgehead atoms. The molecule has 38 heavy (non-hydrogen) atoms. The highest BCUT2D eigenvalue weighted by molar-refractivity contribution is 9.10. The van der Waals surface area contributed by atoms with Crippen molar-refractivity contribution < 1.29 is 18.7 Å². The molecule has 0 radical (unpaired) electrons. The lowest BCUT2D eigenvalue weighted by Gasteiger charge is -2.11. The smallest absolute Gasteiger partial charge is 0.201 e. The van der Waals surface area contributed by atoms with Gasteiger partial charge < -0.3 is 9.15 Å². The number of benzene rings is 5. The molecule has 1 heterocycles. The maximum atomic E-state index is 13.8. The number of carbonyl (C=O) groups is 2. The Bertz CT molecular complexity index is 1950. The number of fused-ring (bicyclic) bond motifs is 4. The Morgan fingerprint density at radius 1 is 0.737 bits per heavy atom. The lowest BCUT2D eigenvalue weighted by Crippen LogP contribution is -2.13. The maximum absolute atomic E-state index is 13.8. The topological polar surface area (TPSA) is 73.6 Å². The molecule has 0 aliphatic carbocycles. The average Bonchev–Trinajstić information content (AvgIpc) is 2.96. The van der Waals surface area contributed by atoms with Crippen LogP contribution in [-0.2, 0) is 0 Å². The largest absolute Gasteiger partial charge is 0.497 e. The van der Waals surface area contributed by atoms with Crippen LogP contribution in [0.25, 0.3) is 32.7 Å². The van der Waals surface area contributed by atoms with Crippen molar-refractivity contribution >= 4 is 60.2 Å². The molecule has 6 rings (SSSR count). The van der Waals surface area contributed by atoms with Gasteiger partial charge in [0.05, 0.1) is 17.9 Å². The standard InChI is InChI=1S/C32H19BrO5/c1-37-23-13-8-19(9-14-23)29(34)21-16-26(30(35)20-6-11-22(33)12-7-20)28-27(17-21)38-32-24-5-3-2-4-18(24)10-15-25(32)31(28)36/h2-17H,1H3. The predicted octanol–water partition coefficient (Wildman–Crippen LogP) is 7.33. The van der Waals surface area contributed by atoms with E-state index < -0.39 is 0 Å². The highest BCUT2D eigenvalue weighted by Gasteiger charge is 2.22. The van der Waals surface area contributed by atoms with E-state index in [0.717, 1.165) is 15.2 Å². The van der Waals surface area contributed by atoms with Gasteiger partial charge in [0.15, 0.2) is 11.6 Å². The van der Waals surface area contributed by atoms with Crippen molar-refractivity contribution in [1.82, 2.24) is 0 Å². The quantitative estimate of drug-likeness (QED) is 0.125. The summed E-state index contributed by atoms with van der Waals surface area (Å²) in [5.74, 6) is -0.0603. The number of carbonyl (C=O) groups excluding carboxylic acids is 2. The monoisotopic (exact) mass is 562 g/mol. The molecule has 0 atom stereocenters. The zero-order valence-corrected chi connectivity index (χ0v) is 21.7. The van der Waals surface area contributed by atoms with Gasteiger partial charge in [0, 0.05) is 32.1 Å². The van der Waals surface area contributed by atoms with Crippen LogP contribution in [0.3, 0.4) is 0 Å². The highest BCUT2D eigenvalue weighted by atomic mass is 79.9. The number of ketones is 2. The third kappa shape index (κ3) is 3.99. The van der Waals surface area contributed by atoms with Crippen molar-refractivity contribution in [1.29, 1.82) is 0 Å². The first kappa shape index (κ1) is 23.8. The molecule has 6 aromatic rings. The van der Waals surface area contributed by atoms with Crippen LogP contribution < -0.4 is 10.2 Å². The van der Waals surface area contributed by atoms with Gasteiger partial charge in [0.2, 0.25) is 5.43 Å². The zero-order valence-electron chi connectivity index (χ0n) is 20.2. The molecule has 0 N–H and O–H groups in total. The fourth-order valence-corrected chi connectivity index (χ4v) is 4.95. The van der Waals surface area contributed by atoms with Crippen LogP contribution in [0.15, 0.2) is 111 Å². The summed E-state index contributed by atoms with van der Waals surface area (Å²) in [6.07, 6.45) is 0. The molecule has 0 saturated heterocycles. The minimum absolute atomic E-state index is 0.116. The van der Waals surface area contributed by atoms with Crippen LogP contribution in [0, 0.1) is 0 Å². The molecule has 0 saturated carbocycles. The van der Waals surface area contributed by atoms with E-state index in [4.69, 9.17) is 9.15 Å². The van der Waals surface area contributed by atoms with Crippen LogP contribution in [0.2, 0.25) is 0 Å². The Labute approximate surface area is 225 Å². The fraction of sp³-hybridized carbons (Fsp3) is 0.0312. The van der Waals surface area contributed by atoms with Crippen molar-refractivity contribution in [3.05, 3.63) is 134 Å². The predicted molar refractivity (Wildman–Crippen MR) is 151 cm³/mol. The zero-order chi connectivity index (χ0) is 26.4. The van der Waals surface area contributed by atoms with E-state index in [9.17, 15) is 14.4 Å². The Morgan fingerprint density at radius 2 is 1.42 bits per heavy atom. The van der Waals surface area contributed by atoms with E-state index >= 15 is 0 Å². The van der Waals surface area contributed by atoms with E-state index in [1.165, 1.54) is 6.07 Å². The van der Waals surface area contributed by atoms with Gasteiger partial charge in [-0.15, -0.1) is 0 Å². The van der Waals surface area contributed by atoms with Crippen LogP contribution in [0.4, 0.5) is 0 Å². The van der Waals surface area contributed by atoms with Crippen LogP contribution >= 0.6 is 15.9 Å². The average molecular weight is 563 g/mol. The van der Waals surface area contributed by atoms with Crippen molar-refractivity contribution in [3.63, 3.8) is 0 Å². The summed E-state index contributed by atoms with van der Waals surface area (Å²) in [6, 6.07) is 27.8. The summed E-state index contributed by atoms with van der Waals surface area (Å²) >= 11 is 3.39. The molecule has 0 aliphatic heterocycles. The van der Waals surface area contributed by atoms with Crippen LogP contribution in [0.5, 0.6) is 5.75 Å². The number of hydrogen-bond donors (Lipinski definition) is 0.